The summed E-state index contributed by atoms with van der Waals surface area (Å²) in [5.41, 5.74) is 2.59. The lowest BCUT2D eigenvalue weighted by Gasteiger charge is -2.11. The second-order valence-electron chi connectivity index (χ2n) is 5.49. The van der Waals surface area contributed by atoms with Crippen molar-refractivity contribution in [2.75, 3.05) is 17.7 Å². The van der Waals surface area contributed by atoms with E-state index in [-0.39, 0.29) is 11.3 Å². The molecule has 0 bridgehead atoms. The highest BCUT2D eigenvalue weighted by Gasteiger charge is 2.13. The Hall–Kier alpha value is -3.46. The molecule has 2 aromatic rings. The van der Waals surface area contributed by atoms with E-state index in [0.717, 1.165) is 11.1 Å². The van der Waals surface area contributed by atoms with Gasteiger partial charge in [-0.25, -0.2) is 0 Å². The number of carbonyl (C=O) groups excluding carboxylic acids is 1. The van der Waals surface area contributed by atoms with Crippen molar-refractivity contribution in [2.24, 2.45) is 0 Å². The van der Waals surface area contributed by atoms with Crippen LogP contribution in [0.25, 0.3) is 0 Å². The average molecular weight is 337 g/mol. The van der Waals surface area contributed by atoms with Gasteiger partial charge in [0, 0.05) is 6.20 Å². The van der Waals surface area contributed by atoms with Gasteiger partial charge in [0.05, 0.1) is 18.5 Å². The number of phenolic OH excluding ortho intramolecular Hbond substituents is 1. The second kappa shape index (κ2) is 7.88. The molecule has 0 saturated heterocycles. The van der Waals surface area contributed by atoms with Gasteiger partial charge < -0.3 is 20.5 Å². The van der Waals surface area contributed by atoms with Crippen LogP contribution in [0.4, 0.5) is 11.4 Å². The van der Waals surface area contributed by atoms with Gasteiger partial charge in [-0.2, -0.15) is 5.26 Å². The van der Waals surface area contributed by atoms with Gasteiger partial charge >= 0.3 is 0 Å². The van der Waals surface area contributed by atoms with Crippen molar-refractivity contribution in [3.8, 4) is 17.6 Å². The lowest BCUT2D eigenvalue weighted by atomic mass is 10.2. The summed E-state index contributed by atoms with van der Waals surface area (Å²) in [7, 11) is 1.50. The molecule has 6 heteroatoms. The molecule has 0 saturated carbocycles. The number of benzene rings is 2. The van der Waals surface area contributed by atoms with E-state index in [2.05, 4.69) is 10.6 Å². The fourth-order valence-corrected chi connectivity index (χ4v) is 2.17. The molecule has 1 amide bonds. The van der Waals surface area contributed by atoms with Gasteiger partial charge in [-0.15, -0.1) is 0 Å². The van der Waals surface area contributed by atoms with Gasteiger partial charge in [0.15, 0.2) is 0 Å². The normalized spacial score (nSPS) is 10.7. The van der Waals surface area contributed by atoms with Crippen LogP contribution in [-0.4, -0.2) is 18.1 Å². The van der Waals surface area contributed by atoms with E-state index >= 15 is 0 Å². The summed E-state index contributed by atoms with van der Waals surface area (Å²) >= 11 is 0. The predicted molar refractivity (Wildman–Crippen MR) is 96.5 cm³/mol. The van der Waals surface area contributed by atoms with Crippen LogP contribution >= 0.6 is 0 Å². The first-order valence-corrected chi connectivity index (χ1v) is 7.57. The first-order valence-electron chi connectivity index (χ1n) is 7.57. The molecular weight excluding hydrogens is 318 g/mol. The number of phenols is 1. The number of aromatic hydroxyl groups is 1. The van der Waals surface area contributed by atoms with Crippen molar-refractivity contribution in [3.05, 3.63) is 59.3 Å². The van der Waals surface area contributed by atoms with Crippen LogP contribution in [0.2, 0.25) is 0 Å². The molecule has 0 radical (unpaired) electrons. The van der Waals surface area contributed by atoms with Gasteiger partial charge in [-0.3, -0.25) is 4.79 Å². The molecule has 3 N–H and O–H groups in total. The van der Waals surface area contributed by atoms with Gasteiger partial charge in [0.1, 0.15) is 23.1 Å². The minimum atomic E-state index is -0.578. The van der Waals surface area contributed by atoms with E-state index in [0.29, 0.717) is 17.1 Å². The molecule has 0 heterocycles. The number of ether oxygens (including phenoxy) is 1. The van der Waals surface area contributed by atoms with Crippen molar-refractivity contribution in [3.63, 3.8) is 0 Å². The van der Waals surface area contributed by atoms with Crippen molar-refractivity contribution >= 4 is 17.3 Å². The summed E-state index contributed by atoms with van der Waals surface area (Å²) in [6.45, 7) is 3.74. The topological polar surface area (TPSA) is 94.4 Å². The predicted octanol–water partition coefficient (Wildman–Crippen LogP) is 3.48. The summed E-state index contributed by atoms with van der Waals surface area (Å²) in [4.78, 5) is 12.3. The summed E-state index contributed by atoms with van der Waals surface area (Å²) in [6.07, 6.45) is 1.25. The maximum Gasteiger partial charge on any atom is 0.267 e. The van der Waals surface area contributed by atoms with Gasteiger partial charge in [0.25, 0.3) is 5.91 Å². The van der Waals surface area contributed by atoms with Crippen molar-refractivity contribution in [1.29, 1.82) is 5.26 Å². The quantitative estimate of drug-likeness (QED) is 0.441. The Morgan fingerprint density at radius 1 is 1.16 bits per heavy atom. The monoisotopic (exact) mass is 337 g/mol. The lowest BCUT2D eigenvalue weighted by molar-refractivity contribution is -0.112. The summed E-state index contributed by atoms with van der Waals surface area (Å²) < 4.78 is 5.21. The van der Waals surface area contributed by atoms with Crippen molar-refractivity contribution in [2.45, 2.75) is 13.8 Å². The average Bonchev–Trinajstić information content (AvgIpc) is 2.57. The van der Waals surface area contributed by atoms with Crippen LogP contribution in [0.15, 0.2) is 48.2 Å². The first-order chi connectivity index (χ1) is 11.9. The SMILES string of the molecule is COc1ccc(C)cc1NC(=O)/C(C#N)=C\Nc1ccc(C)cc1O. The molecule has 2 rings (SSSR count). The third-order valence-electron chi connectivity index (χ3n) is 3.49. The number of nitriles is 1. The zero-order chi connectivity index (χ0) is 18.4. The van der Waals surface area contributed by atoms with E-state index in [1.165, 1.54) is 13.3 Å². The second-order valence-corrected chi connectivity index (χ2v) is 5.49. The Morgan fingerprint density at radius 2 is 1.84 bits per heavy atom. The minimum Gasteiger partial charge on any atom is -0.506 e. The zero-order valence-corrected chi connectivity index (χ0v) is 14.3. The van der Waals surface area contributed by atoms with E-state index in [9.17, 15) is 15.2 Å². The Labute approximate surface area is 146 Å². The molecule has 0 aliphatic heterocycles. The Morgan fingerprint density at radius 3 is 2.48 bits per heavy atom. The standard InChI is InChI=1S/C19H19N3O3/c1-12-5-7-18(25-3)16(8-12)22-19(24)14(10-20)11-21-15-6-4-13(2)9-17(15)23/h4-9,11,21,23H,1-3H3,(H,22,24)/b14-11-. The number of nitrogens with one attached hydrogen (secondary N) is 2. The number of hydrogen-bond donors (Lipinski definition) is 3. The van der Waals surface area contributed by atoms with Crippen molar-refractivity contribution in [1.82, 2.24) is 0 Å². The molecule has 25 heavy (non-hydrogen) atoms. The fraction of sp³-hybridized carbons (Fsp3) is 0.158. The van der Waals surface area contributed by atoms with Crippen LogP contribution < -0.4 is 15.4 Å². The number of methoxy groups -OCH3 is 1. The molecular formula is C19H19N3O3. The molecule has 0 spiro atoms. The molecule has 0 unspecified atom stereocenters. The Balaban J connectivity index is 2.18. The third-order valence-corrected chi connectivity index (χ3v) is 3.49. The van der Waals surface area contributed by atoms with Crippen LogP contribution in [0.3, 0.4) is 0 Å². The van der Waals surface area contributed by atoms with Gasteiger partial charge in [0.2, 0.25) is 0 Å². The maximum absolute atomic E-state index is 12.3. The maximum atomic E-state index is 12.3. The molecule has 6 nitrogen and oxygen atoms in total. The molecule has 0 aliphatic carbocycles. The Kier molecular flexibility index (Phi) is 5.64. The number of nitrogens with zero attached hydrogens (tertiary/aromatic N) is 1. The summed E-state index contributed by atoms with van der Waals surface area (Å²) in [5.74, 6) is -0.0415. The largest absolute Gasteiger partial charge is 0.506 e. The highest BCUT2D eigenvalue weighted by molar-refractivity contribution is 6.07. The summed E-state index contributed by atoms with van der Waals surface area (Å²) in [5, 5.41) is 24.5. The molecule has 0 aliphatic rings. The number of amides is 1. The minimum absolute atomic E-state index is 0.0364. The zero-order valence-electron chi connectivity index (χ0n) is 14.3. The van der Waals surface area contributed by atoms with E-state index in [4.69, 9.17) is 4.74 Å². The molecule has 2 aromatic carbocycles. The van der Waals surface area contributed by atoms with Gasteiger partial charge in [-0.1, -0.05) is 12.1 Å². The van der Waals surface area contributed by atoms with E-state index < -0.39 is 5.91 Å². The number of hydrogen-bond acceptors (Lipinski definition) is 5. The number of anilines is 2. The number of carbonyl (C=O) groups is 1. The number of rotatable bonds is 5. The summed E-state index contributed by atoms with van der Waals surface area (Å²) in [6, 6.07) is 12.2. The van der Waals surface area contributed by atoms with Crippen LogP contribution in [-0.2, 0) is 4.79 Å². The molecule has 0 aromatic heterocycles. The smallest absolute Gasteiger partial charge is 0.267 e. The highest BCUT2D eigenvalue weighted by Crippen LogP contribution is 2.26. The van der Waals surface area contributed by atoms with Crippen LogP contribution in [0.1, 0.15) is 11.1 Å². The lowest BCUT2D eigenvalue weighted by Crippen LogP contribution is -2.15. The van der Waals surface area contributed by atoms with Gasteiger partial charge in [-0.05, 0) is 49.2 Å². The fourth-order valence-electron chi connectivity index (χ4n) is 2.17. The van der Waals surface area contributed by atoms with E-state index in [1.54, 1.807) is 30.3 Å². The van der Waals surface area contributed by atoms with Crippen LogP contribution in [0.5, 0.6) is 11.5 Å². The third kappa shape index (κ3) is 4.52. The Bertz CT molecular complexity index is 867. The molecule has 0 atom stereocenters. The molecule has 0 fully saturated rings. The highest BCUT2D eigenvalue weighted by atomic mass is 16.5. The van der Waals surface area contributed by atoms with E-state index in [1.807, 2.05) is 26.0 Å². The van der Waals surface area contributed by atoms with Crippen LogP contribution in [0, 0.1) is 25.2 Å². The number of aryl methyl sites for hydroxylation is 2. The molecule has 128 valence electrons. The first kappa shape index (κ1) is 17.9. The van der Waals surface area contributed by atoms with Crippen molar-refractivity contribution < 1.29 is 14.6 Å².